The van der Waals surface area contributed by atoms with Crippen LogP contribution in [0.25, 0.3) is 0 Å². The maximum atomic E-state index is 13.5. The van der Waals surface area contributed by atoms with Crippen LogP contribution < -0.4 is 10.1 Å². The molecule has 94 valence electrons. The van der Waals surface area contributed by atoms with E-state index in [1.807, 2.05) is 6.92 Å². The third kappa shape index (κ3) is 4.00. The van der Waals surface area contributed by atoms with Crippen molar-refractivity contribution in [3.8, 4) is 5.75 Å². The number of rotatable bonds is 5. The van der Waals surface area contributed by atoms with E-state index in [0.29, 0.717) is 17.3 Å². The minimum atomic E-state index is -0.424. The molecular formula is C12H15BrFNO2. The van der Waals surface area contributed by atoms with E-state index in [9.17, 15) is 9.18 Å². The first-order valence-corrected chi connectivity index (χ1v) is 6.39. The van der Waals surface area contributed by atoms with Crippen molar-refractivity contribution in [2.75, 3.05) is 12.4 Å². The van der Waals surface area contributed by atoms with Gasteiger partial charge in [-0.2, -0.15) is 0 Å². The van der Waals surface area contributed by atoms with Crippen LogP contribution in [0.4, 0.5) is 4.39 Å². The minimum Gasteiger partial charge on any atom is -0.494 e. The Kier molecular flexibility index (Phi) is 5.41. The van der Waals surface area contributed by atoms with Crippen LogP contribution >= 0.6 is 15.9 Å². The number of carbonyl (C=O) groups is 1. The lowest BCUT2D eigenvalue weighted by atomic mass is 10.1. The van der Waals surface area contributed by atoms with Gasteiger partial charge in [-0.1, -0.05) is 22.0 Å². The number of carbonyl (C=O) groups excluding carboxylic acids is 1. The van der Waals surface area contributed by atoms with Crippen LogP contribution in [0.1, 0.15) is 24.9 Å². The molecule has 0 saturated carbocycles. The first-order valence-electron chi connectivity index (χ1n) is 5.27. The van der Waals surface area contributed by atoms with E-state index in [0.717, 1.165) is 0 Å². The zero-order valence-electron chi connectivity index (χ0n) is 9.80. The second kappa shape index (κ2) is 6.59. The smallest absolute Gasteiger partial charge is 0.221 e. The fourth-order valence-electron chi connectivity index (χ4n) is 1.43. The van der Waals surface area contributed by atoms with Gasteiger partial charge in [-0.25, -0.2) is 4.39 Å². The molecule has 0 spiro atoms. The third-order valence-electron chi connectivity index (χ3n) is 2.37. The van der Waals surface area contributed by atoms with Crippen LogP contribution in [-0.4, -0.2) is 18.3 Å². The van der Waals surface area contributed by atoms with Crippen molar-refractivity contribution >= 4 is 21.8 Å². The summed E-state index contributed by atoms with van der Waals surface area (Å²) < 4.78 is 18.3. The van der Waals surface area contributed by atoms with Gasteiger partial charge in [0.05, 0.1) is 13.2 Å². The van der Waals surface area contributed by atoms with Gasteiger partial charge in [-0.3, -0.25) is 4.79 Å². The van der Waals surface area contributed by atoms with Crippen LogP contribution in [0.5, 0.6) is 5.75 Å². The second-order valence-corrected chi connectivity index (χ2v) is 4.42. The van der Waals surface area contributed by atoms with Gasteiger partial charge in [-0.15, -0.1) is 0 Å². The minimum absolute atomic E-state index is 0.0643. The number of nitrogens with one attached hydrogen (secondary N) is 1. The largest absolute Gasteiger partial charge is 0.494 e. The summed E-state index contributed by atoms with van der Waals surface area (Å²) in [6.07, 6.45) is 0.406. The Morgan fingerprint density at radius 3 is 2.82 bits per heavy atom. The molecule has 1 amide bonds. The average molecular weight is 304 g/mol. The molecule has 1 aromatic carbocycles. The van der Waals surface area contributed by atoms with Crippen molar-refractivity contribution in [3.63, 3.8) is 0 Å². The Bertz CT molecular complexity index is 398. The number of amides is 1. The van der Waals surface area contributed by atoms with Gasteiger partial charge >= 0.3 is 0 Å². The maximum absolute atomic E-state index is 13.5. The average Bonchev–Trinajstić information content (AvgIpc) is 2.29. The molecule has 1 rings (SSSR count). The zero-order valence-corrected chi connectivity index (χ0v) is 11.4. The van der Waals surface area contributed by atoms with Crippen molar-refractivity contribution < 1.29 is 13.9 Å². The quantitative estimate of drug-likeness (QED) is 0.850. The van der Waals surface area contributed by atoms with Crippen molar-refractivity contribution in [3.05, 3.63) is 29.6 Å². The predicted molar refractivity (Wildman–Crippen MR) is 67.9 cm³/mol. The van der Waals surface area contributed by atoms with Crippen LogP contribution in [0, 0.1) is 5.82 Å². The molecule has 0 aliphatic heterocycles. The summed E-state index contributed by atoms with van der Waals surface area (Å²) in [7, 11) is 1.42. The molecule has 5 heteroatoms. The SMILES string of the molecule is COc1ccc(C(C)NC(=O)CCBr)cc1F. The second-order valence-electron chi connectivity index (χ2n) is 3.62. The predicted octanol–water partition coefficient (Wildman–Crippen LogP) is 2.80. The van der Waals surface area contributed by atoms with Gasteiger partial charge in [0.15, 0.2) is 11.6 Å². The zero-order chi connectivity index (χ0) is 12.8. The van der Waals surface area contributed by atoms with E-state index in [-0.39, 0.29) is 17.7 Å². The standard InChI is InChI=1S/C12H15BrFNO2/c1-8(15-12(16)5-6-13)9-3-4-11(17-2)10(14)7-9/h3-4,7-8H,5-6H2,1-2H3,(H,15,16). The number of ether oxygens (including phenoxy) is 1. The fraction of sp³-hybridized carbons (Fsp3) is 0.417. The molecule has 0 bridgehead atoms. The fourth-order valence-corrected chi connectivity index (χ4v) is 1.79. The molecule has 0 aromatic heterocycles. The van der Waals surface area contributed by atoms with Crippen LogP contribution in [0.15, 0.2) is 18.2 Å². The number of hydrogen-bond acceptors (Lipinski definition) is 2. The van der Waals surface area contributed by atoms with Crippen LogP contribution in [0.2, 0.25) is 0 Å². The lowest BCUT2D eigenvalue weighted by Crippen LogP contribution is -2.26. The third-order valence-corrected chi connectivity index (χ3v) is 2.77. The number of alkyl halides is 1. The van der Waals surface area contributed by atoms with E-state index >= 15 is 0 Å². The molecule has 1 N–H and O–H groups in total. The number of benzene rings is 1. The van der Waals surface area contributed by atoms with Crippen molar-refractivity contribution in [1.29, 1.82) is 0 Å². The Hall–Kier alpha value is -1.10. The monoisotopic (exact) mass is 303 g/mol. The summed E-state index contributed by atoms with van der Waals surface area (Å²) >= 11 is 3.19. The first kappa shape index (κ1) is 14.0. The highest BCUT2D eigenvalue weighted by molar-refractivity contribution is 9.09. The highest BCUT2D eigenvalue weighted by Gasteiger charge is 2.11. The number of halogens is 2. The van der Waals surface area contributed by atoms with Crippen LogP contribution in [0.3, 0.4) is 0 Å². The Labute approximate surface area is 108 Å². The van der Waals surface area contributed by atoms with E-state index in [4.69, 9.17) is 4.74 Å². The Balaban J connectivity index is 2.72. The van der Waals surface area contributed by atoms with Crippen molar-refractivity contribution in [1.82, 2.24) is 5.32 Å². The lowest BCUT2D eigenvalue weighted by molar-refractivity contribution is -0.121. The highest BCUT2D eigenvalue weighted by atomic mass is 79.9. The molecule has 1 aromatic rings. The summed E-state index contributed by atoms with van der Waals surface area (Å²) in [5, 5.41) is 3.40. The molecule has 0 aliphatic rings. The normalized spacial score (nSPS) is 12.0. The Morgan fingerprint density at radius 2 is 2.29 bits per heavy atom. The molecule has 0 saturated heterocycles. The van der Waals surface area contributed by atoms with E-state index in [1.54, 1.807) is 12.1 Å². The first-order chi connectivity index (χ1) is 8.08. The highest BCUT2D eigenvalue weighted by Crippen LogP contribution is 2.21. The van der Waals surface area contributed by atoms with Crippen molar-refractivity contribution in [2.45, 2.75) is 19.4 Å². The molecule has 0 fully saturated rings. The number of methoxy groups -OCH3 is 1. The van der Waals surface area contributed by atoms with Gasteiger partial charge < -0.3 is 10.1 Å². The van der Waals surface area contributed by atoms with Gasteiger partial charge in [0, 0.05) is 11.8 Å². The molecular weight excluding hydrogens is 289 g/mol. The summed E-state index contributed by atoms with van der Waals surface area (Å²) in [4.78, 5) is 11.4. The van der Waals surface area contributed by atoms with Gasteiger partial charge in [0.25, 0.3) is 0 Å². The summed E-state index contributed by atoms with van der Waals surface area (Å²) in [5.41, 5.74) is 0.714. The maximum Gasteiger partial charge on any atom is 0.221 e. The number of hydrogen-bond donors (Lipinski definition) is 1. The van der Waals surface area contributed by atoms with Crippen molar-refractivity contribution in [2.24, 2.45) is 0 Å². The summed E-state index contributed by atoms with van der Waals surface area (Å²) in [6.45, 7) is 1.81. The van der Waals surface area contributed by atoms with Gasteiger partial charge in [0.1, 0.15) is 0 Å². The molecule has 0 radical (unpaired) electrons. The van der Waals surface area contributed by atoms with Gasteiger partial charge in [0.2, 0.25) is 5.91 Å². The van der Waals surface area contributed by atoms with E-state index in [2.05, 4.69) is 21.2 Å². The van der Waals surface area contributed by atoms with Gasteiger partial charge in [-0.05, 0) is 24.6 Å². The molecule has 1 unspecified atom stereocenters. The van der Waals surface area contributed by atoms with E-state index in [1.165, 1.54) is 13.2 Å². The molecule has 17 heavy (non-hydrogen) atoms. The topological polar surface area (TPSA) is 38.3 Å². The summed E-state index contributed by atoms with van der Waals surface area (Å²) in [5.74, 6) is -0.287. The lowest BCUT2D eigenvalue weighted by Gasteiger charge is -2.14. The molecule has 0 heterocycles. The van der Waals surface area contributed by atoms with E-state index < -0.39 is 5.82 Å². The van der Waals surface area contributed by atoms with Crippen LogP contribution in [-0.2, 0) is 4.79 Å². The molecule has 1 atom stereocenters. The molecule has 0 aliphatic carbocycles. The summed E-state index contributed by atoms with van der Waals surface area (Å²) in [6, 6.07) is 4.44. The molecule has 3 nitrogen and oxygen atoms in total. The Morgan fingerprint density at radius 1 is 1.59 bits per heavy atom.